The van der Waals surface area contributed by atoms with Gasteiger partial charge in [0, 0.05) is 5.56 Å². The topological polar surface area (TPSA) is 51.8 Å². The molecule has 0 saturated heterocycles. The van der Waals surface area contributed by atoms with Crippen LogP contribution in [0.5, 0.6) is 0 Å². The van der Waals surface area contributed by atoms with Gasteiger partial charge in [0.2, 0.25) is 0 Å². The number of hydrogen-bond donors (Lipinski definition) is 1. The van der Waals surface area contributed by atoms with Crippen molar-refractivity contribution < 1.29 is 4.39 Å². The molecule has 0 spiro atoms. The second kappa shape index (κ2) is 4.07. The minimum Gasteiger partial charge on any atom is -0.382 e. The summed E-state index contributed by atoms with van der Waals surface area (Å²) in [6.45, 7) is 0. The molecule has 0 amide bonds. The van der Waals surface area contributed by atoms with Crippen molar-refractivity contribution in [2.45, 2.75) is 0 Å². The van der Waals surface area contributed by atoms with Gasteiger partial charge in [-0.3, -0.25) is 0 Å². The van der Waals surface area contributed by atoms with Crippen LogP contribution in [0.25, 0.3) is 22.3 Å². The lowest BCUT2D eigenvalue weighted by Gasteiger charge is -2.06. The number of anilines is 1. The van der Waals surface area contributed by atoms with E-state index < -0.39 is 0 Å². The Hall–Kier alpha value is -2.49. The Morgan fingerprint density at radius 2 is 1.44 bits per heavy atom. The van der Waals surface area contributed by atoms with Crippen molar-refractivity contribution in [2.24, 2.45) is 0 Å². The number of fused-ring (bicyclic) bond motifs is 1. The van der Waals surface area contributed by atoms with Crippen molar-refractivity contribution in [2.75, 3.05) is 5.73 Å². The average Bonchev–Trinajstić information content (AvgIpc) is 2.39. The molecule has 18 heavy (non-hydrogen) atoms. The summed E-state index contributed by atoms with van der Waals surface area (Å²) in [6, 6.07) is 13.5. The number of para-hydroxylation sites is 2. The summed E-state index contributed by atoms with van der Waals surface area (Å²) in [4.78, 5) is 8.76. The van der Waals surface area contributed by atoms with E-state index in [-0.39, 0.29) is 5.82 Å². The highest BCUT2D eigenvalue weighted by atomic mass is 19.1. The van der Waals surface area contributed by atoms with Crippen molar-refractivity contribution in [3.63, 3.8) is 0 Å². The molecule has 1 aromatic heterocycles. The zero-order valence-electron chi connectivity index (χ0n) is 9.47. The standard InChI is InChI=1S/C14H10FN3/c15-10-7-5-9(6-8-10)13-14(16)18-12-4-2-1-3-11(12)17-13/h1-8H,(H2,16,18). The normalized spacial score (nSPS) is 10.7. The molecule has 0 saturated carbocycles. The summed E-state index contributed by atoms with van der Waals surface area (Å²) in [5, 5.41) is 0. The minimum atomic E-state index is -0.286. The van der Waals surface area contributed by atoms with E-state index >= 15 is 0 Å². The molecule has 4 heteroatoms. The molecular weight excluding hydrogens is 229 g/mol. The Morgan fingerprint density at radius 3 is 2.11 bits per heavy atom. The van der Waals surface area contributed by atoms with Crippen LogP contribution in [0.3, 0.4) is 0 Å². The summed E-state index contributed by atoms with van der Waals surface area (Å²) >= 11 is 0. The van der Waals surface area contributed by atoms with Crippen LogP contribution in [0, 0.1) is 5.82 Å². The number of aromatic nitrogens is 2. The zero-order valence-corrected chi connectivity index (χ0v) is 9.47. The fourth-order valence-corrected chi connectivity index (χ4v) is 1.83. The van der Waals surface area contributed by atoms with E-state index in [1.54, 1.807) is 12.1 Å². The number of benzene rings is 2. The number of nitrogen functional groups attached to an aromatic ring is 1. The first kappa shape index (κ1) is 10.7. The molecule has 3 nitrogen and oxygen atoms in total. The molecule has 1 heterocycles. The molecule has 0 fully saturated rings. The fourth-order valence-electron chi connectivity index (χ4n) is 1.83. The van der Waals surface area contributed by atoms with Gasteiger partial charge in [0.05, 0.1) is 11.0 Å². The smallest absolute Gasteiger partial charge is 0.150 e. The highest BCUT2D eigenvalue weighted by molar-refractivity contribution is 5.82. The molecule has 2 N–H and O–H groups in total. The first-order valence-electron chi connectivity index (χ1n) is 5.52. The van der Waals surface area contributed by atoms with Crippen LogP contribution in [-0.2, 0) is 0 Å². The monoisotopic (exact) mass is 239 g/mol. The third-order valence-corrected chi connectivity index (χ3v) is 2.72. The number of halogens is 1. The molecule has 0 bridgehead atoms. The van der Waals surface area contributed by atoms with Crippen LogP contribution in [0.2, 0.25) is 0 Å². The number of hydrogen-bond acceptors (Lipinski definition) is 3. The van der Waals surface area contributed by atoms with Crippen molar-refractivity contribution in [3.05, 3.63) is 54.3 Å². The lowest BCUT2D eigenvalue weighted by atomic mass is 10.1. The average molecular weight is 239 g/mol. The van der Waals surface area contributed by atoms with Gasteiger partial charge in [-0.25, -0.2) is 14.4 Å². The predicted octanol–water partition coefficient (Wildman–Crippen LogP) is 3.02. The molecule has 0 atom stereocenters. The molecule has 0 unspecified atom stereocenters. The molecule has 0 aliphatic rings. The fraction of sp³-hybridized carbons (Fsp3) is 0. The number of rotatable bonds is 1. The van der Waals surface area contributed by atoms with Crippen LogP contribution in [0.15, 0.2) is 48.5 Å². The van der Waals surface area contributed by atoms with Gasteiger partial charge in [0.25, 0.3) is 0 Å². The van der Waals surface area contributed by atoms with Crippen LogP contribution in [0.1, 0.15) is 0 Å². The molecular formula is C14H10FN3. The Labute approximate surface area is 103 Å². The summed E-state index contributed by atoms with van der Waals surface area (Å²) in [7, 11) is 0. The Balaban J connectivity index is 2.22. The molecule has 2 aromatic carbocycles. The van der Waals surface area contributed by atoms with Crippen LogP contribution in [0.4, 0.5) is 10.2 Å². The van der Waals surface area contributed by atoms with Crippen molar-refractivity contribution in [1.29, 1.82) is 0 Å². The van der Waals surface area contributed by atoms with Gasteiger partial charge >= 0.3 is 0 Å². The lowest BCUT2D eigenvalue weighted by Crippen LogP contribution is -1.98. The third kappa shape index (κ3) is 1.78. The molecule has 0 aliphatic heterocycles. The maximum atomic E-state index is 12.9. The first-order valence-corrected chi connectivity index (χ1v) is 5.52. The van der Waals surface area contributed by atoms with E-state index in [0.717, 1.165) is 16.6 Å². The SMILES string of the molecule is Nc1nc2ccccc2nc1-c1ccc(F)cc1. The molecule has 88 valence electrons. The summed E-state index contributed by atoms with van der Waals surface area (Å²) in [5.74, 6) is 0.0615. The predicted molar refractivity (Wildman–Crippen MR) is 69.3 cm³/mol. The quantitative estimate of drug-likeness (QED) is 0.710. The number of nitrogens with zero attached hydrogens (tertiary/aromatic N) is 2. The first-order chi connectivity index (χ1) is 8.74. The van der Waals surface area contributed by atoms with Crippen molar-refractivity contribution in [1.82, 2.24) is 9.97 Å². The molecule has 3 aromatic rings. The molecule has 0 aliphatic carbocycles. The van der Waals surface area contributed by atoms with E-state index in [2.05, 4.69) is 9.97 Å². The number of nitrogens with two attached hydrogens (primary N) is 1. The van der Waals surface area contributed by atoms with Gasteiger partial charge in [-0.2, -0.15) is 0 Å². The highest BCUT2D eigenvalue weighted by Gasteiger charge is 2.08. The summed E-state index contributed by atoms with van der Waals surface area (Å²) in [5.41, 5.74) is 8.74. The van der Waals surface area contributed by atoms with Crippen LogP contribution in [-0.4, -0.2) is 9.97 Å². The third-order valence-electron chi connectivity index (χ3n) is 2.72. The molecule has 0 radical (unpaired) electrons. The van der Waals surface area contributed by atoms with Crippen molar-refractivity contribution in [3.8, 4) is 11.3 Å². The van der Waals surface area contributed by atoms with Gasteiger partial charge in [0.15, 0.2) is 5.82 Å². The minimum absolute atomic E-state index is 0.286. The lowest BCUT2D eigenvalue weighted by molar-refractivity contribution is 0.628. The second-order valence-corrected chi connectivity index (χ2v) is 3.95. The summed E-state index contributed by atoms with van der Waals surface area (Å²) in [6.07, 6.45) is 0. The van der Waals surface area contributed by atoms with Gasteiger partial charge < -0.3 is 5.73 Å². The Kier molecular flexibility index (Phi) is 2.41. The largest absolute Gasteiger partial charge is 0.382 e. The molecule has 3 rings (SSSR count). The van der Waals surface area contributed by atoms with Crippen molar-refractivity contribution >= 4 is 16.9 Å². The van der Waals surface area contributed by atoms with E-state index in [4.69, 9.17) is 5.73 Å². The Morgan fingerprint density at radius 1 is 0.833 bits per heavy atom. The maximum absolute atomic E-state index is 12.9. The zero-order chi connectivity index (χ0) is 12.5. The van der Waals surface area contributed by atoms with Gasteiger partial charge in [-0.1, -0.05) is 12.1 Å². The van der Waals surface area contributed by atoms with E-state index in [9.17, 15) is 4.39 Å². The summed E-state index contributed by atoms with van der Waals surface area (Å²) < 4.78 is 12.9. The van der Waals surface area contributed by atoms with E-state index in [1.165, 1.54) is 12.1 Å². The highest BCUT2D eigenvalue weighted by Crippen LogP contribution is 2.24. The Bertz CT molecular complexity index is 708. The maximum Gasteiger partial charge on any atom is 0.150 e. The second-order valence-electron chi connectivity index (χ2n) is 3.95. The van der Waals surface area contributed by atoms with E-state index in [0.29, 0.717) is 11.5 Å². The van der Waals surface area contributed by atoms with Crippen LogP contribution >= 0.6 is 0 Å². The van der Waals surface area contributed by atoms with Gasteiger partial charge in [0.1, 0.15) is 11.5 Å². The van der Waals surface area contributed by atoms with Crippen LogP contribution < -0.4 is 5.73 Å². The van der Waals surface area contributed by atoms with Gasteiger partial charge in [-0.15, -0.1) is 0 Å². The van der Waals surface area contributed by atoms with Gasteiger partial charge in [-0.05, 0) is 36.4 Å². The van der Waals surface area contributed by atoms with E-state index in [1.807, 2.05) is 24.3 Å².